The third-order valence-electron chi connectivity index (χ3n) is 5.69. The third-order valence-corrected chi connectivity index (χ3v) is 6.97. The van der Waals surface area contributed by atoms with Crippen molar-refractivity contribution in [3.8, 4) is 0 Å². The van der Waals surface area contributed by atoms with Crippen LogP contribution in [-0.4, -0.2) is 21.7 Å². The summed E-state index contributed by atoms with van der Waals surface area (Å²) in [6, 6.07) is 17.5. The molecule has 4 aromatic rings. The van der Waals surface area contributed by atoms with E-state index in [1.54, 1.807) is 11.3 Å². The number of rotatable bonds is 7. The van der Waals surface area contributed by atoms with Gasteiger partial charge in [0.25, 0.3) is 5.56 Å². The summed E-state index contributed by atoms with van der Waals surface area (Å²) in [4.78, 5) is 26.5. The van der Waals surface area contributed by atoms with Crippen LogP contribution in [0.5, 0.6) is 0 Å². The van der Waals surface area contributed by atoms with Crippen LogP contribution < -0.4 is 10.9 Å². The molecular weight excluding hydrogens is 406 g/mol. The molecule has 5 nitrogen and oxygen atoms in total. The number of amides is 1. The van der Waals surface area contributed by atoms with Crippen LogP contribution in [0.2, 0.25) is 0 Å². The Morgan fingerprint density at radius 2 is 1.84 bits per heavy atom. The zero-order chi connectivity index (χ0) is 22.0. The van der Waals surface area contributed by atoms with Crippen molar-refractivity contribution in [2.75, 3.05) is 0 Å². The van der Waals surface area contributed by atoms with E-state index in [4.69, 9.17) is 0 Å². The Morgan fingerprint density at radius 1 is 1.13 bits per heavy atom. The van der Waals surface area contributed by atoms with Gasteiger partial charge < -0.3 is 5.32 Å². The van der Waals surface area contributed by atoms with E-state index in [1.165, 1.54) is 10.2 Å². The molecule has 0 aliphatic carbocycles. The SMILES string of the molecule is CC[C@@H](C(=O)N[C@@H](C)CCc1ccccc1)n1nc(C)c2sc3ccccc3c2c1=O. The normalized spacial score (nSPS) is 13.4. The topological polar surface area (TPSA) is 64.0 Å². The van der Waals surface area contributed by atoms with Crippen LogP contribution in [0.4, 0.5) is 0 Å². The first kappa shape index (κ1) is 21.2. The molecule has 1 amide bonds. The first-order valence-corrected chi connectivity index (χ1v) is 11.6. The zero-order valence-corrected chi connectivity index (χ0v) is 18.9. The van der Waals surface area contributed by atoms with E-state index >= 15 is 0 Å². The molecule has 0 bridgehead atoms. The van der Waals surface area contributed by atoms with Gasteiger partial charge in [-0.2, -0.15) is 5.10 Å². The Balaban J connectivity index is 1.59. The number of nitrogens with zero attached hydrogens (tertiary/aromatic N) is 2. The number of hydrogen-bond donors (Lipinski definition) is 1. The molecule has 4 rings (SSSR count). The molecule has 31 heavy (non-hydrogen) atoms. The second-order valence-corrected chi connectivity index (χ2v) is 9.05. The van der Waals surface area contributed by atoms with E-state index in [0.717, 1.165) is 33.3 Å². The minimum absolute atomic E-state index is 0.00395. The molecule has 0 saturated carbocycles. The summed E-state index contributed by atoms with van der Waals surface area (Å²) in [5.41, 5.74) is 1.83. The van der Waals surface area contributed by atoms with Gasteiger partial charge in [-0.1, -0.05) is 55.5 Å². The molecule has 0 unspecified atom stereocenters. The van der Waals surface area contributed by atoms with Crippen molar-refractivity contribution in [3.63, 3.8) is 0 Å². The van der Waals surface area contributed by atoms with E-state index < -0.39 is 6.04 Å². The molecule has 6 heteroatoms. The fourth-order valence-corrected chi connectivity index (χ4v) is 5.13. The molecule has 1 N–H and O–H groups in total. The molecule has 0 aliphatic heterocycles. The summed E-state index contributed by atoms with van der Waals surface area (Å²) in [7, 11) is 0. The number of nitrogens with one attached hydrogen (secondary N) is 1. The Morgan fingerprint density at radius 3 is 2.58 bits per heavy atom. The quantitative estimate of drug-likeness (QED) is 0.446. The predicted octanol–water partition coefficient (Wildman–Crippen LogP) is 5.01. The molecule has 2 aromatic heterocycles. The van der Waals surface area contributed by atoms with Gasteiger partial charge in [-0.25, -0.2) is 4.68 Å². The van der Waals surface area contributed by atoms with Crippen LogP contribution in [-0.2, 0) is 11.2 Å². The van der Waals surface area contributed by atoms with Crippen molar-refractivity contribution >= 4 is 37.4 Å². The summed E-state index contributed by atoms with van der Waals surface area (Å²) in [5, 5.41) is 9.22. The molecule has 2 heterocycles. The monoisotopic (exact) mass is 433 g/mol. The molecule has 2 aromatic carbocycles. The maximum atomic E-state index is 13.4. The summed E-state index contributed by atoms with van der Waals surface area (Å²) >= 11 is 1.58. The van der Waals surface area contributed by atoms with E-state index in [0.29, 0.717) is 11.8 Å². The number of aryl methyl sites for hydroxylation is 2. The summed E-state index contributed by atoms with van der Waals surface area (Å²) in [6.45, 7) is 5.82. The van der Waals surface area contributed by atoms with E-state index in [2.05, 4.69) is 22.5 Å². The predicted molar refractivity (Wildman–Crippen MR) is 128 cm³/mol. The maximum absolute atomic E-state index is 13.4. The van der Waals surface area contributed by atoms with Crippen LogP contribution in [0, 0.1) is 6.92 Å². The molecule has 0 fully saturated rings. The fourth-order valence-electron chi connectivity index (χ4n) is 4.00. The van der Waals surface area contributed by atoms with Crippen LogP contribution in [0.1, 0.15) is 44.0 Å². The van der Waals surface area contributed by atoms with Crippen LogP contribution in [0.3, 0.4) is 0 Å². The zero-order valence-electron chi connectivity index (χ0n) is 18.1. The van der Waals surface area contributed by atoms with Gasteiger partial charge in [0.1, 0.15) is 6.04 Å². The Bertz CT molecular complexity index is 1280. The second kappa shape index (κ2) is 9.02. The number of carbonyl (C=O) groups is 1. The lowest BCUT2D eigenvalue weighted by Gasteiger charge is -2.21. The highest BCUT2D eigenvalue weighted by Crippen LogP contribution is 2.33. The van der Waals surface area contributed by atoms with Crippen molar-refractivity contribution in [1.29, 1.82) is 0 Å². The molecule has 0 aliphatic rings. The fraction of sp³-hybridized carbons (Fsp3) is 0.320. The van der Waals surface area contributed by atoms with Crippen molar-refractivity contribution < 1.29 is 4.79 Å². The molecule has 0 spiro atoms. The van der Waals surface area contributed by atoms with Crippen molar-refractivity contribution in [2.45, 2.75) is 52.1 Å². The standard InChI is InChI=1S/C25H27N3O2S/c1-4-20(24(29)26-16(2)14-15-18-10-6-5-7-11-18)28-25(30)22-19-12-8-9-13-21(19)31-23(22)17(3)27-28/h5-13,16,20H,4,14-15H2,1-3H3,(H,26,29)/t16-,20-/m0/s1. The highest BCUT2D eigenvalue weighted by Gasteiger charge is 2.25. The number of aromatic nitrogens is 2. The molecule has 0 saturated heterocycles. The number of fused-ring (bicyclic) bond motifs is 3. The average molecular weight is 434 g/mol. The van der Waals surface area contributed by atoms with Gasteiger partial charge in [0.15, 0.2) is 0 Å². The lowest BCUT2D eigenvalue weighted by Crippen LogP contribution is -2.42. The third kappa shape index (κ3) is 4.26. The van der Waals surface area contributed by atoms with Gasteiger partial charge in [0.2, 0.25) is 5.91 Å². The number of thiophene rings is 1. The summed E-state index contributed by atoms with van der Waals surface area (Å²) in [5.74, 6) is -0.157. The number of hydrogen-bond acceptors (Lipinski definition) is 4. The maximum Gasteiger partial charge on any atom is 0.276 e. The van der Waals surface area contributed by atoms with Gasteiger partial charge in [-0.3, -0.25) is 9.59 Å². The molecule has 2 atom stereocenters. The van der Waals surface area contributed by atoms with Crippen molar-refractivity contribution in [3.05, 3.63) is 76.2 Å². The lowest BCUT2D eigenvalue weighted by molar-refractivity contribution is -0.125. The van der Waals surface area contributed by atoms with Crippen LogP contribution in [0.15, 0.2) is 59.4 Å². The average Bonchev–Trinajstić information content (AvgIpc) is 3.17. The van der Waals surface area contributed by atoms with Crippen LogP contribution in [0.25, 0.3) is 20.2 Å². The summed E-state index contributed by atoms with van der Waals surface area (Å²) < 4.78 is 3.34. The first-order valence-electron chi connectivity index (χ1n) is 10.7. The Hall–Kier alpha value is -2.99. The van der Waals surface area contributed by atoms with E-state index in [1.807, 2.05) is 63.2 Å². The molecular formula is C25H27N3O2S. The number of carbonyl (C=O) groups excluding carboxylic acids is 1. The second-order valence-electron chi connectivity index (χ2n) is 8.00. The molecule has 160 valence electrons. The minimum atomic E-state index is -0.631. The van der Waals surface area contributed by atoms with Gasteiger partial charge in [-0.15, -0.1) is 11.3 Å². The van der Waals surface area contributed by atoms with E-state index in [9.17, 15) is 9.59 Å². The lowest BCUT2D eigenvalue weighted by atomic mass is 10.1. The van der Waals surface area contributed by atoms with Crippen molar-refractivity contribution in [2.24, 2.45) is 0 Å². The van der Waals surface area contributed by atoms with Gasteiger partial charge in [-0.05, 0) is 44.7 Å². The minimum Gasteiger partial charge on any atom is -0.352 e. The Labute approximate surface area is 185 Å². The largest absolute Gasteiger partial charge is 0.352 e. The van der Waals surface area contributed by atoms with Gasteiger partial charge in [0.05, 0.1) is 15.8 Å². The van der Waals surface area contributed by atoms with Gasteiger partial charge >= 0.3 is 0 Å². The molecule has 0 radical (unpaired) electrons. The highest BCUT2D eigenvalue weighted by molar-refractivity contribution is 7.26. The van der Waals surface area contributed by atoms with E-state index in [-0.39, 0.29) is 17.5 Å². The van der Waals surface area contributed by atoms with Crippen molar-refractivity contribution in [1.82, 2.24) is 15.1 Å². The number of benzene rings is 2. The van der Waals surface area contributed by atoms with Crippen LogP contribution >= 0.6 is 11.3 Å². The summed E-state index contributed by atoms with van der Waals surface area (Å²) in [6.07, 6.45) is 2.22. The van der Waals surface area contributed by atoms with Gasteiger partial charge in [0, 0.05) is 16.1 Å². The first-order chi connectivity index (χ1) is 15.0. The Kier molecular flexibility index (Phi) is 6.18. The smallest absolute Gasteiger partial charge is 0.276 e. The highest BCUT2D eigenvalue weighted by atomic mass is 32.1.